The summed E-state index contributed by atoms with van der Waals surface area (Å²) in [7, 11) is 3.21. The molecule has 2 saturated heterocycles. The summed E-state index contributed by atoms with van der Waals surface area (Å²) in [4.78, 5) is 29.6. The predicted octanol–water partition coefficient (Wildman–Crippen LogP) is 3.08. The SMILES string of the molecule is COc1ccc(CCN2CC(C(=O)N3CC(C)OC(c4ccccc4)C3)CC2=O)cc1OC. The molecule has 4 rings (SSSR count). The minimum atomic E-state index is -0.301. The van der Waals surface area contributed by atoms with Crippen molar-refractivity contribution in [3.05, 3.63) is 59.7 Å². The lowest BCUT2D eigenvalue weighted by molar-refractivity contribution is -0.148. The van der Waals surface area contributed by atoms with Gasteiger partial charge in [-0.1, -0.05) is 36.4 Å². The van der Waals surface area contributed by atoms with E-state index in [-0.39, 0.29) is 36.4 Å². The fraction of sp³-hybridized carbons (Fsp3) is 0.462. The average molecular weight is 453 g/mol. The van der Waals surface area contributed by atoms with Gasteiger partial charge >= 0.3 is 0 Å². The fourth-order valence-corrected chi connectivity index (χ4v) is 4.70. The quantitative estimate of drug-likeness (QED) is 0.646. The van der Waals surface area contributed by atoms with Crippen molar-refractivity contribution in [2.45, 2.75) is 32.0 Å². The summed E-state index contributed by atoms with van der Waals surface area (Å²) >= 11 is 0. The number of methoxy groups -OCH3 is 2. The van der Waals surface area contributed by atoms with Gasteiger partial charge in [-0.05, 0) is 36.6 Å². The molecule has 2 aromatic carbocycles. The van der Waals surface area contributed by atoms with E-state index in [1.165, 1.54) is 0 Å². The third kappa shape index (κ3) is 5.30. The van der Waals surface area contributed by atoms with Crippen LogP contribution in [0.15, 0.2) is 48.5 Å². The van der Waals surface area contributed by atoms with Gasteiger partial charge in [-0.15, -0.1) is 0 Å². The van der Waals surface area contributed by atoms with Crippen molar-refractivity contribution in [3.63, 3.8) is 0 Å². The minimum absolute atomic E-state index is 0.0368. The Morgan fingerprint density at radius 2 is 1.79 bits per heavy atom. The highest BCUT2D eigenvalue weighted by molar-refractivity contribution is 5.89. The van der Waals surface area contributed by atoms with Gasteiger partial charge in [0, 0.05) is 26.1 Å². The van der Waals surface area contributed by atoms with Crippen LogP contribution in [-0.4, -0.2) is 68.1 Å². The number of rotatable bonds is 7. The van der Waals surface area contributed by atoms with Crippen molar-refractivity contribution >= 4 is 11.8 Å². The Balaban J connectivity index is 1.36. The van der Waals surface area contributed by atoms with Crippen LogP contribution in [0.4, 0.5) is 0 Å². The van der Waals surface area contributed by atoms with Gasteiger partial charge in [0.1, 0.15) is 6.10 Å². The first-order valence-electron chi connectivity index (χ1n) is 11.5. The van der Waals surface area contributed by atoms with Crippen molar-refractivity contribution in [1.82, 2.24) is 9.80 Å². The Bertz CT molecular complexity index is 980. The summed E-state index contributed by atoms with van der Waals surface area (Å²) in [5, 5.41) is 0. The van der Waals surface area contributed by atoms with Gasteiger partial charge in [0.25, 0.3) is 0 Å². The average Bonchev–Trinajstić information content (AvgIpc) is 3.22. The van der Waals surface area contributed by atoms with Crippen LogP contribution in [-0.2, 0) is 20.7 Å². The maximum atomic E-state index is 13.3. The number of hydrogen-bond donors (Lipinski definition) is 0. The number of carbonyl (C=O) groups is 2. The lowest BCUT2D eigenvalue weighted by Crippen LogP contribution is -2.48. The Labute approximate surface area is 195 Å². The molecule has 2 fully saturated rings. The first-order chi connectivity index (χ1) is 16.0. The van der Waals surface area contributed by atoms with Crippen LogP contribution in [0.25, 0.3) is 0 Å². The number of ether oxygens (including phenoxy) is 3. The van der Waals surface area contributed by atoms with Gasteiger partial charge in [0.2, 0.25) is 11.8 Å². The Morgan fingerprint density at radius 3 is 2.52 bits per heavy atom. The monoisotopic (exact) mass is 452 g/mol. The minimum Gasteiger partial charge on any atom is -0.493 e. The van der Waals surface area contributed by atoms with Crippen molar-refractivity contribution in [1.29, 1.82) is 0 Å². The van der Waals surface area contributed by atoms with Gasteiger partial charge in [-0.2, -0.15) is 0 Å². The normalized spacial score (nSPS) is 23.0. The summed E-state index contributed by atoms with van der Waals surface area (Å²) in [5.74, 6) is 1.13. The van der Waals surface area contributed by atoms with E-state index in [1.807, 2.05) is 60.4 Å². The van der Waals surface area contributed by atoms with Crippen molar-refractivity contribution < 1.29 is 23.8 Å². The van der Waals surface area contributed by atoms with E-state index in [2.05, 4.69) is 0 Å². The molecule has 2 aliphatic rings. The number of benzene rings is 2. The Kier molecular flexibility index (Phi) is 7.18. The molecule has 2 amide bonds. The van der Waals surface area contributed by atoms with Crippen molar-refractivity contribution in [3.8, 4) is 11.5 Å². The zero-order chi connectivity index (χ0) is 23.4. The first-order valence-corrected chi connectivity index (χ1v) is 11.5. The molecule has 2 aliphatic heterocycles. The molecule has 0 N–H and O–H groups in total. The molecule has 0 saturated carbocycles. The molecule has 0 bridgehead atoms. The molecular formula is C26H32N2O5. The summed E-state index contributed by atoms with van der Waals surface area (Å²) in [6.07, 6.45) is 0.771. The molecule has 0 radical (unpaired) electrons. The molecule has 0 aromatic heterocycles. The van der Waals surface area contributed by atoms with Gasteiger partial charge in [0.15, 0.2) is 11.5 Å². The second-order valence-electron chi connectivity index (χ2n) is 8.77. The summed E-state index contributed by atoms with van der Waals surface area (Å²) in [6, 6.07) is 15.8. The molecule has 2 aromatic rings. The van der Waals surface area contributed by atoms with E-state index in [4.69, 9.17) is 14.2 Å². The van der Waals surface area contributed by atoms with Crippen LogP contribution in [0.2, 0.25) is 0 Å². The van der Waals surface area contributed by atoms with Crippen LogP contribution < -0.4 is 9.47 Å². The van der Waals surface area contributed by atoms with E-state index < -0.39 is 0 Å². The van der Waals surface area contributed by atoms with Gasteiger partial charge in [0.05, 0.1) is 32.8 Å². The fourth-order valence-electron chi connectivity index (χ4n) is 4.70. The van der Waals surface area contributed by atoms with Gasteiger partial charge < -0.3 is 24.0 Å². The largest absolute Gasteiger partial charge is 0.493 e. The molecule has 0 aliphatic carbocycles. The second kappa shape index (κ2) is 10.3. The predicted molar refractivity (Wildman–Crippen MR) is 124 cm³/mol. The summed E-state index contributed by atoms with van der Waals surface area (Å²) in [5.41, 5.74) is 2.13. The molecular weight excluding hydrogens is 420 g/mol. The third-order valence-corrected chi connectivity index (χ3v) is 6.43. The summed E-state index contributed by atoms with van der Waals surface area (Å²) in [6.45, 7) is 4.10. The van der Waals surface area contributed by atoms with E-state index >= 15 is 0 Å². The van der Waals surface area contributed by atoms with E-state index in [0.717, 1.165) is 11.1 Å². The molecule has 2 heterocycles. The van der Waals surface area contributed by atoms with Crippen LogP contribution in [0, 0.1) is 5.92 Å². The zero-order valence-electron chi connectivity index (χ0n) is 19.5. The lowest BCUT2D eigenvalue weighted by Gasteiger charge is -2.38. The molecule has 3 atom stereocenters. The Morgan fingerprint density at radius 1 is 1.03 bits per heavy atom. The molecule has 3 unspecified atom stereocenters. The topological polar surface area (TPSA) is 68.3 Å². The van der Waals surface area contributed by atoms with Crippen molar-refractivity contribution in [2.75, 3.05) is 40.4 Å². The maximum absolute atomic E-state index is 13.3. The smallest absolute Gasteiger partial charge is 0.228 e. The Hall–Kier alpha value is -3.06. The highest BCUT2D eigenvalue weighted by Crippen LogP contribution is 2.30. The van der Waals surface area contributed by atoms with Crippen molar-refractivity contribution in [2.24, 2.45) is 5.92 Å². The standard InChI is InChI=1S/C26H32N2O5/c1-18-15-28(17-24(33-18)20-7-5-4-6-8-20)26(30)21-14-25(29)27(16-21)12-11-19-9-10-22(31-2)23(13-19)32-3/h4-10,13,18,21,24H,11-12,14-17H2,1-3H3. The zero-order valence-corrected chi connectivity index (χ0v) is 19.5. The van der Waals surface area contributed by atoms with E-state index in [9.17, 15) is 9.59 Å². The van der Waals surface area contributed by atoms with Crippen LogP contribution in [0.5, 0.6) is 11.5 Å². The number of nitrogens with zero attached hydrogens (tertiary/aromatic N) is 2. The van der Waals surface area contributed by atoms with Crippen LogP contribution >= 0.6 is 0 Å². The lowest BCUT2D eigenvalue weighted by atomic mass is 10.0. The van der Waals surface area contributed by atoms with E-state index in [0.29, 0.717) is 44.1 Å². The van der Waals surface area contributed by atoms with Crippen LogP contribution in [0.3, 0.4) is 0 Å². The molecule has 33 heavy (non-hydrogen) atoms. The molecule has 7 heteroatoms. The van der Waals surface area contributed by atoms with Gasteiger partial charge in [-0.25, -0.2) is 0 Å². The number of hydrogen-bond acceptors (Lipinski definition) is 5. The third-order valence-electron chi connectivity index (χ3n) is 6.43. The van der Waals surface area contributed by atoms with E-state index in [1.54, 1.807) is 19.1 Å². The first kappa shape index (κ1) is 23.1. The number of amides is 2. The van der Waals surface area contributed by atoms with Gasteiger partial charge in [-0.3, -0.25) is 9.59 Å². The maximum Gasteiger partial charge on any atom is 0.228 e. The van der Waals surface area contributed by atoms with Crippen LogP contribution in [0.1, 0.15) is 30.6 Å². The second-order valence-corrected chi connectivity index (χ2v) is 8.77. The molecule has 176 valence electrons. The molecule has 7 nitrogen and oxygen atoms in total. The summed E-state index contributed by atoms with van der Waals surface area (Å²) < 4.78 is 16.7. The highest BCUT2D eigenvalue weighted by Gasteiger charge is 2.39. The number of morpholine rings is 1. The molecule has 0 spiro atoms. The number of carbonyl (C=O) groups excluding carboxylic acids is 2. The highest BCUT2D eigenvalue weighted by atomic mass is 16.5. The number of likely N-dealkylation sites (tertiary alicyclic amines) is 1.